The molecule has 26 heavy (non-hydrogen) atoms. The molecule has 0 amide bonds. The maximum Gasteiger partial charge on any atom is 0.172 e. The van der Waals surface area contributed by atoms with Crippen molar-refractivity contribution in [2.45, 2.75) is 50.9 Å². The van der Waals surface area contributed by atoms with Gasteiger partial charge >= 0.3 is 0 Å². The first-order valence-electron chi connectivity index (χ1n) is 9.89. The highest BCUT2D eigenvalue weighted by Crippen LogP contribution is 2.36. The van der Waals surface area contributed by atoms with Crippen LogP contribution in [-0.2, 0) is 0 Å². The Hall–Kier alpha value is -1.82. The standard InChI is InChI=1S/C20H29N5S/c1-24(2)20(26)23-17-12-15-16(13-18(17)25-10-6-7-11-25)22-19(21-15)14-8-4-3-5-9-14/h12-14H,3-11H2,1-2H3,(H,21,22)(H,23,26). The second-order valence-electron chi connectivity index (χ2n) is 7.86. The molecule has 2 heterocycles. The predicted molar refractivity (Wildman–Crippen MR) is 113 cm³/mol. The summed E-state index contributed by atoms with van der Waals surface area (Å²) < 4.78 is 0. The van der Waals surface area contributed by atoms with Crippen LogP contribution in [0.4, 0.5) is 11.4 Å². The van der Waals surface area contributed by atoms with E-state index < -0.39 is 0 Å². The largest absolute Gasteiger partial charge is 0.370 e. The maximum absolute atomic E-state index is 5.49. The van der Waals surface area contributed by atoms with E-state index >= 15 is 0 Å². The van der Waals surface area contributed by atoms with Gasteiger partial charge in [0.15, 0.2) is 5.11 Å². The van der Waals surface area contributed by atoms with Gasteiger partial charge in [0.05, 0.1) is 22.4 Å². The van der Waals surface area contributed by atoms with Gasteiger partial charge in [0.2, 0.25) is 0 Å². The van der Waals surface area contributed by atoms with E-state index in [-0.39, 0.29) is 0 Å². The Labute approximate surface area is 161 Å². The molecule has 6 heteroatoms. The number of fused-ring (bicyclic) bond motifs is 1. The summed E-state index contributed by atoms with van der Waals surface area (Å²) in [6.07, 6.45) is 9.04. The molecule has 0 atom stereocenters. The summed E-state index contributed by atoms with van der Waals surface area (Å²) in [7, 11) is 3.94. The summed E-state index contributed by atoms with van der Waals surface area (Å²) in [6.45, 7) is 2.22. The third-order valence-electron chi connectivity index (χ3n) is 5.70. The Morgan fingerprint density at radius 2 is 1.88 bits per heavy atom. The number of thiocarbonyl (C=S) groups is 1. The molecule has 1 aliphatic carbocycles. The molecule has 1 saturated carbocycles. The number of aromatic amines is 1. The molecule has 0 unspecified atom stereocenters. The molecule has 5 nitrogen and oxygen atoms in total. The van der Waals surface area contributed by atoms with Crippen LogP contribution in [0.2, 0.25) is 0 Å². The van der Waals surface area contributed by atoms with Gasteiger partial charge in [-0.15, -0.1) is 0 Å². The van der Waals surface area contributed by atoms with Gasteiger partial charge in [-0.1, -0.05) is 19.3 Å². The lowest BCUT2D eigenvalue weighted by atomic mass is 9.89. The lowest BCUT2D eigenvalue weighted by molar-refractivity contribution is 0.431. The normalized spacial score (nSPS) is 18.5. The Balaban J connectivity index is 1.71. The van der Waals surface area contributed by atoms with Crippen molar-refractivity contribution >= 4 is 39.7 Å². The number of imidazole rings is 1. The van der Waals surface area contributed by atoms with Gasteiger partial charge in [-0.25, -0.2) is 4.98 Å². The van der Waals surface area contributed by atoms with Gasteiger partial charge in [0.25, 0.3) is 0 Å². The van der Waals surface area contributed by atoms with E-state index in [0.717, 1.165) is 34.9 Å². The number of nitrogens with one attached hydrogen (secondary N) is 2. The van der Waals surface area contributed by atoms with Crippen molar-refractivity contribution in [3.8, 4) is 0 Å². The van der Waals surface area contributed by atoms with E-state index in [1.807, 2.05) is 19.0 Å². The van der Waals surface area contributed by atoms with E-state index in [4.69, 9.17) is 17.2 Å². The fraction of sp³-hybridized carbons (Fsp3) is 0.600. The third kappa shape index (κ3) is 3.52. The first-order chi connectivity index (χ1) is 12.6. The molecule has 1 saturated heterocycles. The van der Waals surface area contributed by atoms with E-state index in [9.17, 15) is 0 Å². The van der Waals surface area contributed by atoms with Crippen LogP contribution in [0.25, 0.3) is 11.0 Å². The number of nitrogens with zero attached hydrogens (tertiary/aromatic N) is 3. The van der Waals surface area contributed by atoms with Crippen molar-refractivity contribution in [2.75, 3.05) is 37.4 Å². The number of hydrogen-bond donors (Lipinski definition) is 2. The van der Waals surface area contributed by atoms with E-state index in [2.05, 4.69) is 27.3 Å². The van der Waals surface area contributed by atoms with Gasteiger partial charge in [-0.05, 0) is 50.0 Å². The van der Waals surface area contributed by atoms with Crippen LogP contribution in [0.15, 0.2) is 12.1 Å². The highest BCUT2D eigenvalue weighted by Gasteiger charge is 2.22. The molecule has 0 spiro atoms. The fourth-order valence-electron chi connectivity index (χ4n) is 4.18. The monoisotopic (exact) mass is 371 g/mol. The summed E-state index contributed by atoms with van der Waals surface area (Å²) in [5, 5.41) is 4.16. The number of benzene rings is 1. The van der Waals surface area contributed by atoms with Crippen LogP contribution < -0.4 is 10.2 Å². The zero-order chi connectivity index (χ0) is 18.1. The number of rotatable bonds is 3. The van der Waals surface area contributed by atoms with Crippen LogP contribution in [0.1, 0.15) is 56.7 Å². The molecule has 2 fully saturated rings. The summed E-state index contributed by atoms with van der Waals surface area (Å²) in [4.78, 5) is 13.0. The van der Waals surface area contributed by atoms with Gasteiger partial charge in [-0.3, -0.25) is 0 Å². The Morgan fingerprint density at radius 3 is 2.58 bits per heavy atom. The summed E-state index contributed by atoms with van der Waals surface area (Å²) in [5.41, 5.74) is 4.49. The third-order valence-corrected chi connectivity index (χ3v) is 6.17. The molecule has 1 aliphatic heterocycles. The molecule has 1 aromatic carbocycles. The minimum Gasteiger partial charge on any atom is -0.370 e. The smallest absolute Gasteiger partial charge is 0.172 e. The lowest BCUT2D eigenvalue weighted by Gasteiger charge is -2.24. The van der Waals surface area contributed by atoms with E-state index in [0.29, 0.717) is 5.92 Å². The minimum absolute atomic E-state index is 0.589. The fourth-order valence-corrected chi connectivity index (χ4v) is 4.29. The van der Waals surface area contributed by atoms with E-state index in [1.54, 1.807) is 0 Å². The molecule has 2 N–H and O–H groups in total. The number of aromatic nitrogens is 2. The van der Waals surface area contributed by atoms with Crippen molar-refractivity contribution in [1.82, 2.24) is 14.9 Å². The molecule has 1 aromatic heterocycles. The minimum atomic E-state index is 0.589. The average Bonchev–Trinajstić information content (AvgIpc) is 3.31. The second-order valence-corrected chi connectivity index (χ2v) is 8.25. The molecular formula is C20H29N5S. The highest BCUT2D eigenvalue weighted by atomic mass is 32.1. The topological polar surface area (TPSA) is 47.2 Å². The van der Waals surface area contributed by atoms with Gasteiger partial charge in [0.1, 0.15) is 5.82 Å². The highest BCUT2D eigenvalue weighted by molar-refractivity contribution is 7.80. The van der Waals surface area contributed by atoms with Crippen LogP contribution in [0.3, 0.4) is 0 Å². The van der Waals surface area contributed by atoms with Gasteiger partial charge < -0.3 is 20.1 Å². The number of anilines is 2. The Bertz CT molecular complexity index is 785. The van der Waals surface area contributed by atoms with E-state index in [1.165, 1.54) is 56.5 Å². The average molecular weight is 372 g/mol. The van der Waals surface area contributed by atoms with Crippen molar-refractivity contribution < 1.29 is 0 Å². The van der Waals surface area contributed by atoms with Crippen molar-refractivity contribution in [2.24, 2.45) is 0 Å². The van der Waals surface area contributed by atoms with Crippen LogP contribution in [0.5, 0.6) is 0 Å². The molecule has 2 aromatic rings. The van der Waals surface area contributed by atoms with Crippen LogP contribution in [-0.4, -0.2) is 47.2 Å². The zero-order valence-corrected chi connectivity index (χ0v) is 16.7. The Morgan fingerprint density at radius 1 is 1.15 bits per heavy atom. The number of H-pyrrole nitrogens is 1. The van der Waals surface area contributed by atoms with Gasteiger partial charge in [0, 0.05) is 33.1 Å². The Kier molecular flexibility index (Phi) is 5.02. The van der Waals surface area contributed by atoms with Crippen LogP contribution in [0, 0.1) is 0 Å². The SMILES string of the molecule is CN(C)C(=S)Nc1cc2nc(C3CCCCC3)[nH]c2cc1N1CCCC1. The van der Waals surface area contributed by atoms with Crippen LogP contribution >= 0.6 is 12.2 Å². The lowest BCUT2D eigenvalue weighted by Crippen LogP contribution is -2.28. The summed E-state index contributed by atoms with van der Waals surface area (Å²) in [5.74, 6) is 1.75. The summed E-state index contributed by atoms with van der Waals surface area (Å²) >= 11 is 5.49. The summed E-state index contributed by atoms with van der Waals surface area (Å²) in [6, 6.07) is 4.43. The van der Waals surface area contributed by atoms with Gasteiger partial charge in [-0.2, -0.15) is 0 Å². The predicted octanol–water partition coefficient (Wildman–Crippen LogP) is 4.47. The molecule has 2 aliphatic rings. The van der Waals surface area contributed by atoms with Crippen molar-refractivity contribution in [1.29, 1.82) is 0 Å². The molecule has 0 bridgehead atoms. The molecule has 140 valence electrons. The first kappa shape index (κ1) is 17.6. The first-order valence-corrected chi connectivity index (χ1v) is 10.3. The van der Waals surface area contributed by atoms with Crippen molar-refractivity contribution in [3.05, 3.63) is 18.0 Å². The molecular weight excluding hydrogens is 342 g/mol. The maximum atomic E-state index is 5.49. The zero-order valence-electron chi connectivity index (χ0n) is 15.8. The molecule has 4 rings (SSSR count). The number of hydrogen-bond acceptors (Lipinski definition) is 3. The quantitative estimate of drug-likeness (QED) is 0.780. The van der Waals surface area contributed by atoms with Crippen molar-refractivity contribution in [3.63, 3.8) is 0 Å². The second kappa shape index (κ2) is 7.43. The molecule has 0 radical (unpaired) electrons.